The fraction of sp³-hybridized carbons (Fsp3) is 0.250. The van der Waals surface area contributed by atoms with Gasteiger partial charge in [-0.25, -0.2) is 13.6 Å². The van der Waals surface area contributed by atoms with Crippen molar-refractivity contribution in [3.8, 4) is 5.75 Å². The van der Waals surface area contributed by atoms with Crippen LogP contribution in [0.3, 0.4) is 0 Å². The Kier molecular flexibility index (Phi) is 3.15. The van der Waals surface area contributed by atoms with Crippen molar-refractivity contribution < 1.29 is 18.1 Å². The molecule has 0 aliphatic heterocycles. The fourth-order valence-corrected chi connectivity index (χ4v) is 2.14. The van der Waals surface area contributed by atoms with Crippen LogP contribution in [0.2, 0.25) is 0 Å². The van der Waals surface area contributed by atoms with Crippen LogP contribution in [0.1, 0.15) is 5.56 Å². The average molecular weight is 246 g/mol. The molecule has 0 spiro atoms. The molecule has 1 rings (SSSR count). The third-order valence-electron chi connectivity index (χ3n) is 2.05. The Morgan fingerprint density at radius 1 is 1.44 bits per heavy atom. The Labute approximate surface area is 92.0 Å². The third kappa shape index (κ3) is 2.12. The fourth-order valence-electron chi connectivity index (χ4n) is 1.36. The van der Waals surface area contributed by atoms with Gasteiger partial charge < -0.3 is 4.74 Å². The van der Waals surface area contributed by atoms with Crippen molar-refractivity contribution in [1.82, 2.24) is 0 Å². The minimum Gasteiger partial charge on any atom is -0.490 e. The largest absolute Gasteiger partial charge is 0.490 e. The molecule has 0 saturated heterocycles. The Morgan fingerprint density at radius 3 is 2.38 bits per heavy atom. The smallest absolute Gasteiger partial charge is 0.315 e. The highest BCUT2D eigenvalue weighted by molar-refractivity contribution is 7.89. The molecule has 1 aromatic rings. The lowest BCUT2D eigenvalue weighted by Crippen LogP contribution is -2.14. The first-order valence-corrected chi connectivity index (χ1v) is 5.68. The standard InChI is InChI=1S/C8H10N2O5S/c1-5-7(16(9,13)14)4-3-6(15-2)8(5)10(11)12/h3-4H,1-2H3,(H2,9,13,14). The molecule has 16 heavy (non-hydrogen) atoms. The minimum atomic E-state index is -3.97. The van der Waals surface area contributed by atoms with Crippen LogP contribution in [-0.4, -0.2) is 20.5 Å². The summed E-state index contributed by atoms with van der Waals surface area (Å²) in [6.45, 7) is 1.31. The van der Waals surface area contributed by atoms with Crippen molar-refractivity contribution in [2.45, 2.75) is 11.8 Å². The zero-order valence-electron chi connectivity index (χ0n) is 8.63. The van der Waals surface area contributed by atoms with Gasteiger partial charge in [0.1, 0.15) is 0 Å². The molecule has 7 nitrogen and oxygen atoms in total. The molecule has 1 aromatic carbocycles. The molecule has 0 heterocycles. The van der Waals surface area contributed by atoms with E-state index < -0.39 is 20.6 Å². The molecule has 2 N–H and O–H groups in total. The highest BCUT2D eigenvalue weighted by Gasteiger charge is 2.25. The van der Waals surface area contributed by atoms with Gasteiger partial charge in [-0.05, 0) is 19.1 Å². The van der Waals surface area contributed by atoms with E-state index in [-0.39, 0.29) is 16.2 Å². The number of sulfonamides is 1. The van der Waals surface area contributed by atoms with Crippen LogP contribution in [0.4, 0.5) is 5.69 Å². The summed E-state index contributed by atoms with van der Waals surface area (Å²) in [6, 6.07) is 2.38. The number of nitro benzene ring substituents is 1. The molecule has 0 fully saturated rings. The number of methoxy groups -OCH3 is 1. The topological polar surface area (TPSA) is 113 Å². The van der Waals surface area contributed by atoms with Gasteiger partial charge in [0.05, 0.1) is 22.5 Å². The van der Waals surface area contributed by atoms with Crippen molar-refractivity contribution in [2.24, 2.45) is 5.14 Å². The number of primary sulfonamides is 1. The van der Waals surface area contributed by atoms with E-state index in [4.69, 9.17) is 9.88 Å². The van der Waals surface area contributed by atoms with E-state index in [1.54, 1.807) is 0 Å². The lowest BCUT2D eigenvalue weighted by atomic mass is 10.2. The quantitative estimate of drug-likeness (QED) is 0.618. The molecular weight excluding hydrogens is 236 g/mol. The van der Waals surface area contributed by atoms with E-state index in [1.807, 2.05) is 0 Å². The van der Waals surface area contributed by atoms with E-state index in [0.29, 0.717) is 0 Å². The van der Waals surface area contributed by atoms with E-state index in [2.05, 4.69) is 0 Å². The van der Waals surface area contributed by atoms with Crippen molar-refractivity contribution in [1.29, 1.82) is 0 Å². The van der Waals surface area contributed by atoms with Crippen molar-refractivity contribution >= 4 is 15.7 Å². The third-order valence-corrected chi connectivity index (χ3v) is 3.11. The van der Waals surface area contributed by atoms with Crippen molar-refractivity contribution in [3.63, 3.8) is 0 Å². The Morgan fingerprint density at radius 2 is 2.00 bits per heavy atom. The zero-order chi connectivity index (χ0) is 12.5. The van der Waals surface area contributed by atoms with Gasteiger partial charge in [-0.15, -0.1) is 0 Å². The Balaban J connectivity index is 3.63. The molecule has 8 heteroatoms. The van der Waals surface area contributed by atoms with E-state index in [0.717, 1.165) is 0 Å². The van der Waals surface area contributed by atoms with Gasteiger partial charge in [-0.1, -0.05) is 0 Å². The van der Waals surface area contributed by atoms with Gasteiger partial charge in [0.25, 0.3) is 0 Å². The maximum atomic E-state index is 11.1. The van der Waals surface area contributed by atoms with E-state index in [1.165, 1.54) is 26.2 Å². The van der Waals surface area contributed by atoms with Crippen LogP contribution in [0.25, 0.3) is 0 Å². The van der Waals surface area contributed by atoms with Crippen molar-refractivity contribution in [2.75, 3.05) is 7.11 Å². The predicted octanol–water partition coefficient (Wildman–Crippen LogP) is 0.559. The second kappa shape index (κ2) is 4.06. The molecule has 0 unspecified atom stereocenters. The zero-order valence-corrected chi connectivity index (χ0v) is 9.45. The van der Waals surface area contributed by atoms with Gasteiger partial charge >= 0.3 is 5.69 Å². The van der Waals surface area contributed by atoms with Crippen LogP contribution in [0.15, 0.2) is 17.0 Å². The lowest BCUT2D eigenvalue weighted by Gasteiger charge is -2.07. The highest BCUT2D eigenvalue weighted by atomic mass is 32.2. The molecular formula is C8H10N2O5S. The number of nitrogens with two attached hydrogens (primary N) is 1. The first-order valence-electron chi connectivity index (χ1n) is 4.13. The molecule has 88 valence electrons. The molecule has 0 radical (unpaired) electrons. The average Bonchev–Trinajstić information content (AvgIpc) is 2.14. The first kappa shape index (κ1) is 12.4. The summed E-state index contributed by atoms with van der Waals surface area (Å²) in [5.41, 5.74) is -0.430. The summed E-state index contributed by atoms with van der Waals surface area (Å²) in [6.07, 6.45) is 0. The van der Waals surface area contributed by atoms with E-state index in [9.17, 15) is 18.5 Å². The number of nitrogens with zero attached hydrogens (tertiary/aromatic N) is 1. The molecule has 0 bridgehead atoms. The number of rotatable bonds is 3. The van der Waals surface area contributed by atoms with Crippen LogP contribution < -0.4 is 9.88 Å². The number of hydrogen-bond donors (Lipinski definition) is 1. The lowest BCUT2D eigenvalue weighted by molar-refractivity contribution is -0.386. The van der Waals surface area contributed by atoms with Gasteiger partial charge in [-0.2, -0.15) is 0 Å². The van der Waals surface area contributed by atoms with Gasteiger partial charge in [0, 0.05) is 0 Å². The number of hydrogen-bond acceptors (Lipinski definition) is 5. The summed E-state index contributed by atoms with van der Waals surface area (Å²) in [4.78, 5) is 9.79. The van der Waals surface area contributed by atoms with Crippen LogP contribution in [-0.2, 0) is 10.0 Å². The summed E-state index contributed by atoms with van der Waals surface area (Å²) in [5, 5.41) is 15.7. The van der Waals surface area contributed by atoms with Crippen molar-refractivity contribution in [3.05, 3.63) is 27.8 Å². The van der Waals surface area contributed by atoms with Gasteiger partial charge in [0.2, 0.25) is 10.0 Å². The predicted molar refractivity (Wildman–Crippen MR) is 55.8 cm³/mol. The summed E-state index contributed by atoms with van der Waals surface area (Å²) >= 11 is 0. The van der Waals surface area contributed by atoms with E-state index >= 15 is 0 Å². The molecule has 0 aromatic heterocycles. The summed E-state index contributed by atoms with van der Waals surface area (Å²) in [7, 11) is -2.71. The monoisotopic (exact) mass is 246 g/mol. The molecule has 0 amide bonds. The second-order valence-electron chi connectivity index (χ2n) is 3.04. The Hall–Kier alpha value is -1.67. The molecule has 0 aliphatic carbocycles. The van der Waals surface area contributed by atoms with Gasteiger partial charge in [-0.3, -0.25) is 10.1 Å². The SMILES string of the molecule is COc1ccc(S(N)(=O)=O)c(C)c1[N+](=O)[O-]. The summed E-state index contributed by atoms with van der Waals surface area (Å²) in [5.74, 6) is -0.00472. The molecule has 0 atom stereocenters. The molecule has 0 saturated carbocycles. The van der Waals surface area contributed by atoms with Crippen LogP contribution >= 0.6 is 0 Å². The minimum absolute atomic E-state index is 0.00472. The van der Waals surface area contributed by atoms with Gasteiger partial charge in [0.15, 0.2) is 5.75 Å². The first-order chi connectivity index (χ1) is 7.29. The number of ether oxygens (including phenoxy) is 1. The number of nitro groups is 1. The van der Waals surface area contributed by atoms with Crippen LogP contribution in [0.5, 0.6) is 5.75 Å². The Bertz CT molecular complexity index is 538. The number of benzene rings is 1. The summed E-state index contributed by atoms with van der Waals surface area (Å²) < 4.78 is 27.1. The maximum absolute atomic E-state index is 11.1. The maximum Gasteiger partial charge on any atom is 0.315 e. The second-order valence-corrected chi connectivity index (χ2v) is 4.57. The normalized spacial score (nSPS) is 11.2. The highest BCUT2D eigenvalue weighted by Crippen LogP contribution is 2.33. The molecule has 0 aliphatic rings. The van der Waals surface area contributed by atoms with Crippen LogP contribution in [0, 0.1) is 17.0 Å².